The maximum Gasteiger partial charge on any atom is 0.240 e. The van der Waals surface area contributed by atoms with Gasteiger partial charge in [0.2, 0.25) is 11.1 Å². The SMILES string of the molecule is CCc1ccc(OS(=O)c2ccc(C)cc2)cc1. The highest BCUT2D eigenvalue weighted by atomic mass is 32.2. The summed E-state index contributed by atoms with van der Waals surface area (Å²) in [7, 11) is 0. The molecule has 0 spiro atoms. The van der Waals surface area contributed by atoms with Crippen molar-refractivity contribution in [3.05, 3.63) is 59.7 Å². The molecule has 0 saturated carbocycles. The van der Waals surface area contributed by atoms with Gasteiger partial charge in [0.05, 0.1) is 4.90 Å². The van der Waals surface area contributed by atoms with Crippen molar-refractivity contribution < 1.29 is 8.39 Å². The molecule has 0 aliphatic carbocycles. The van der Waals surface area contributed by atoms with Crippen molar-refractivity contribution in [2.75, 3.05) is 0 Å². The van der Waals surface area contributed by atoms with E-state index in [0.717, 1.165) is 12.0 Å². The van der Waals surface area contributed by atoms with Crippen LogP contribution in [-0.2, 0) is 17.5 Å². The largest absolute Gasteiger partial charge is 0.397 e. The topological polar surface area (TPSA) is 26.3 Å². The summed E-state index contributed by atoms with van der Waals surface area (Å²) in [5.41, 5.74) is 2.38. The molecule has 2 aromatic rings. The fourth-order valence-electron chi connectivity index (χ4n) is 1.57. The van der Waals surface area contributed by atoms with Crippen molar-refractivity contribution in [3.63, 3.8) is 0 Å². The first-order valence-corrected chi connectivity index (χ1v) is 7.02. The molecule has 94 valence electrons. The molecule has 2 aromatic carbocycles. The zero-order valence-electron chi connectivity index (χ0n) is 10.6. The van der Waals surface area contributed by atoms with E-state index in [9.17, 15) is 4.21 Å². The van der Waals surface area contributed by atoms with Crippen molar-refractivity contribution in [1.29, 1.82) is 0 Å². The zero-order valence-corrected chi connectivity index (χ0v) is 11.4. The van der Waals surface area contributed by atoms with Crippen LogP contribution in [0.2, 0.25) is 0 Å². The fourth-order valence-corrected chi connectivity index (χ4v) is 2.31. The van der Waals surface area contributed by atoms with E-state index in [1.165, 1.54) is 5.56 Å². The van der Waals surface area contributed by atoms with Gasteiger partial charge in [-0.3, -0.25) is 0 Å². The Morgan fingerprint density at radius 3 is 2.17 bits per heavy atom. The third kappa shape index (κ3) is 3.20. The Morgan fingerprint density at radius 1 is 1.00 bits per heavy atom. The van der Waals surface area contributed by atoms with Crippen molar-refractivity contribution in [3.8, 4) is 5.75 Å². The van der Waals surface area contributed by atoms with Crippen LogP contribution in [0.3, 0.4) is 0 Å². The molecule has 0 radical (unpaired) electrons. The van der Waals surface area contributed by atoms with E-state index >= 15 is 0 Å². The predicted octanol–water partition coefficient (Wildman–Crippen LogP) is 3.66. The van der Waals surface area contributed by atoms with Gasteiger partial charge in [-0.05, 0) is 43.2 Å². The number of rotatable bonds is 4. The molecule has 0 bridgehead atoms. The monoisotopic (exact) mass is 260 g/mol. The number of hydrogen-bond donors (Lipinski definition) is 0. The second kappa shape index (κ2) is 5.83. The third-order valence-corrected chi connectivity index (χ3v) is 3.72. The molecule has 0 fully saturated rings. The molecular formula is C15H16O2S. The molecule has 1 unspecified atom stereocenters. The van der Waals surface area contributed by atoms with Crippen LogP contribution in [0.1, 0.15) is 18.1 Å². The van der Waals surface area contributed by atoms with Gasteiger partial charge < -0.3 is 4.18 Å². The van der Waals surface area contributed by atoms with Crippen LogP contribution in [0.4, 0.5) is 0 Å². The van der Waals surface area contributed by atoms with Crippen molar-refractivity contribution in [1.82, 2.24) is 0 Å². The lowest BCUT2D eigenvalue weighted by Crippen LogP contribution is -2.00. The average molecular weight is 260 g/mol. The van der Waals surface area contributed by atoms with E-state index in [-0.39, 0.29) is 0 Å². The van der Waals surface area contributed by atoms with Gasteiger partial charge in [-0.25, -0.2) is 4.21 Å². The third-order valence-electron chi connectivity index (χ3n) is 2.72. The first-order chi connectivity index (χ1) is 8.69. The fraction of sp³-hybridized carbons (Fsp3) is 0.200. The normalized spacial score (nSPS) is 12.1. The lowest BCUT2D eigenvalue weighted by Gasteiger charge is -2.05. The summed E-state index contributed by atoms with van der Waals surface area (Å²) in [5, 5.41) is 0. The summed E-state index contributed by atoms with van der Waals surface area (Å²) >= 11 is -1.45. The van der Waals surface area contributed by atoms with Crippen LogP contribution in [0.25, 0.3) is 0 Å². The molecule has 0 aliphatic rings. The van der Waals surface area contributed by atoms with E-state index in [1.807, 2.05) is 55.5 Å². The van der Waals surface area contributed by atoms with Crippen LogP contribution in [0, 0.1) is 6.92 Å². The first kappa shape index (κ1) is 12.8. The lowest BCUT2D eigenvalue weighted by atomic mass is 10.2. The summed E-state index contributed by atoms with van der Waals surface area (Å²) < 4.78 is 17.4. The van der Waals surface area contributed by atoms with Gasteiger partial charge in [-0.1, -0.05) is 36.8 Å². The minimum atomic E-state index is -1.45. The van der Waals surface area contributed by atoms with E-state index in [4.69, 9.17) is 4.18 Å². The van der Waals surface area contributed by atoms with E-state index in [0.29, 0.717) is 10.6 Å². The number of aryl methyl sites for hydroxylation is 2. The summed E-state index contributed by atoms with van der Waals surface area (Å²) in [6.07, 6.45) is 0.987. The smallest absolute Gasteiger partial charge is 0.240 e. The maximum atomic E-state index is 12.0. The van der Waals surface area contributed by atoms with Crippen molar-refractivity contribution in [2.24, 2.45) is 0 Å². The summed E-state index contributed by atoms with van der Waals surface area (Å²) in [6.45, 7) is 4.09. The standard InChI is InChI=1S/C15H16O2S/c1-3-13-6-8-14(9-7-13)17-18(16)15-10-4-12(2)5-11-15/h4-11H,3H2,1-2H3. The Labute approximate surface area is 110 Å². The van der Waals surface area contributed by atoms with Gasteiger partial charge in [0.1, 0.15) is 5.75 Å². The summed E-state index contributed by atoms with van der Waals surface area (Å²) in [5.74, 6) is 0.631. The predicted molar refractivity (Wildman–Crippen MR) is 74.0 cm³/mol. The highest BCUT2D eigenvalue weighted by Gasteiger charge is 2.05. The highest BCUT2D eigenvalue weighted by Crippen LogP contribution is 2.17. The molecule has 2 nitrogen and oxygen atoms in total. The Morgan fingerprint density at radius 2 is 1.61 bits per heavy atom. The number of benzene rings is 2. The second-order valence-corrected chi connectivity index (χ2v) is 5.24. The first-order valence-electron chi connectivity index (χ1n) is 5.94. The van der Waals surface area contributed by atoms with Gasteiger partial charge in [0.25, 0.3) is 0 Å². The van der Waals surface area contributed by atoms with Crippen molar-refractivity contribution >= 4 is 11.1 Å². The second-order valence-electron chi connectivity index (χ2n) is 4.13. The Kier molecular flexibility index (Phi) is 4.15. The maximum absolute atomic E-state index is 12.0. The van der Waals surface area contributed by atoms with Gasteiger partial charge in [-0.2, -0.15) is 0 Å². The molecule has 0 aromatic heterocycles. The van der Waals surface area contributed by atoms with Gasteiger partial charge in [0, 0.05) is 0 Å². The summed E-state index contributed by atoms with van der Waals surface area (Å²) in [6, 6.07) is 15.2. The molecule has 0 aliphatic heterocycles. The molecule has 1 atom stereocenters. The molecule has 0 amide bonds. The molecule has 2 rings (SSSR count). The van der Waals surface area contributed by atoms with Crippen molar-refractivity contribution in [2.45, 2.75) is 25.2 Å². The molecule has 3 heteroatoms. The minimum Gasteiger partial charge on any atom is -0.397 e. The van der Waals surface area contributed by atoms with Crippen LogP contribution < -0.4 is 4.18 Å². The van der Waals surface area contributed by atoms with Crippen LogP contribution in [-0.4, -0.2) is 4.21 Å². The molecule has 18 heavy (non-hydrogen) atoms. The van der Waals surface area contributed by atoms with Crippen LogP contribution in [0.15, 0.2) is 53.4 Å². The Balaban J connectivity index is 2.08. The van der Waals surface area contributed by atoms with Crippen LogP contribution >= 0.6 is 0 Å². The Bertz CT molecular complexity index is 529. The quantitative estimate of drug-likeness (QED) is 0.838. The Hall–Kier alpha value is -1.61. The molecular weight excluding hydrogens is 244 g/mol. The van der Waals surface area contributed by atoms with Gasteiger partial charge in [-0.15, -0.1) is 0 Å². The van der Waals surface area contributed by atoms with E-state index in [1.54, 1.807) is 0 Å². The highest BCUT2D eigenvalue weighted by molar-refractivity contribution is 7.80. The average Bonchev–Trinajstić information content (AvgIpc) is 2.40. The van der Waals surface area contributed by atoms with E-state index < -0.39 is 11.1 Å². The zero-order chi connectivity index (χ0) is 13.0. The van der Waals surface area contributed by atoms with Gasteiger partial charge >= 0.3 is 0 Å². The summed E-state index contributed by atoms with van der Waals surface area (Å²) in [4.78, 5) is 0.681. The lowest BCUT2D eigenvalue weighted by molar-refractivity contribution is 0.562. The molecule has 0 N–H and O–H groups in total. The molecule has 0 heterocycles. The number of hydrogen-bond acceptors (Lipinski definition) is 2. The molecule has 0 saturated heterocycles. The van der Waals surface area contributed by atoms with E-state index in [2.05, 4.69) is 6.92 Å². The van der Waals surface area contributed by atoms with Crippen LogP contribution in [0.5, 0.6) is 5.75 Å². The van der Waals surface area contributed by atoms with Gasteiger partial charge in [0.15, 0.2) is 0 Å². The minimum absolute atomic E-state index is 0.631.